The lowest BCUT2D eigenvalue weighted by atomic mass is 9.91. The van der Waals surface area contributed by atoms with Gasteiger partial charge in [0.2, 0.25) is 0 Å². The summed E-state index contributed by atoms with van der Waals surface area (Å²) in [7, 11) is 0. The lowest BCUT2D eigenvalue weighted by Crippen LogP contribution is -2.49. The highest BCUT2D eigenvalue weighted by molar-refractivity contribution is 4.86. The maximum Gasteiger partial charge on any atom is 0.391 e. The summed E-state index contributed by atoms with van der Waals surface area (Å²) in [5.41, 5.74) is 5.20. The molecule has 18 heavy (non-hydrogen) atoms. The fraction of sp³-hybridized carbons (Fsp3) is 1.00. The number of aliphatic hydroxyl groups is 1. The van der Waals surface area contributed by atoms with Crippen LogP contribution in [0.3, 0.4) is 0 Å². The Morgan fingerprint density at radius 3 is 2.22 bits per heavy atom. The third kappa shape index (κ3) is 4.40. The number of nitrogens with zero attached hydrogens (tertiary/aromatic N) is 1. The van der Waals surface area contributed by atoms with Gasteiger partial charge in [0, 0.05) is 11.6 Å². The first-order chi connectivity index (χ1) is 8.15. The van der Waals surface area contributed by atoms with Gasteiger partial charge in [-0.2, -0.15) is 13.2 Å². The second-order valence-electron chi connectivity index (χ2n) is 5.72. The highest BCUT2D eigenvalue weighted by Gasteiger charge is 2.41. The average molecular weight is 268 g/mol. The number of hydrogen-bond acceptors (Lipinski definition) is 3. The van der Waals surface area contributed by atoms with Crippen molar-refractivity contribution >= 4 is 0 Å². The summed E-state index contributed by atoms with van der Waals surface area (Å²) in [6, 6.07) is 0.0985. The SMILES string of the molecule is CC(CC(C)(N)CO)N1CCC(C(F)(F)F)CC1. The molecule has 0 saturated carbocycles. The molecule has 0 radical (unpaired) electrons. The Labute approximate surface area is 106 Å². The van der Waals surface area contributed by atoms with Gasteiger partial charge in [-0.3, -0.25) is 0 Å². The summed E-state index contributed by atoms with van der Waals surface area (Å²) < 4.78 is 37.6. The molecule has 0 amide bonds. The summed E-state index contributed by atoms with van der Waals surface area (Å²) in [5.74, 6) is -1.16. The maximum atomic E-state index is 12.5. The van der Waals surface area contributed by atoms with Gasteiger partial charge < -0.3 is 15.7 Å². The lowest BCUT2D eigenvalue weighted by Gasteiger charge is -2.39. The topological polar surface area (TPSA) is 49.5 Å². The van der Waals surface area contributed by atoms with Crippen LogP contribution in [0.4, 0.5) is 13.2 Å². The molecule has 0 aromatic heterocycles. The van der Waals surface area contributed by atoms with E-state index >= 15 is 0 Å². The molecule has 1 aliphatic heterocycles. The molecule has 2 unspecified atom stereocenters. The van der Waals surface area contributed by atoms with Crippen molar-refractivity contribution in [2.45, 2.75) is 50.9 Å². The third-order valence-electron chi connectivity index (χ3n) is 3.74. The lowest BCUT2D eigenvalue weighted by molar-refractivity contribution is -0.186. The van der Waals surface area contributed by atoms with E-state index in [-0.39, 0.29) is 25.5 Å². The highest BCUT2D eigenvalue weighted by Crippen LogP contribution is 2.34. The molecule has 0 aliphatic carbocycles. The Hall–Kier alpha value is -0.330. The van der Waals surface area contributed by atoms with Crippen molar-refractivity contribution in [1.29, 1.82) is 0 Å². The number of piperidine rings is 1. The molecule has 3 nitrogen and oxygen atoms in total. The molecular formula is C12H23F3N2O. The largest absolute Gasteiger partial charge is 0.394 e. The quantitative estimate of drug-likeness (QED) is 0.816. The Balaban J connectivity index is 2.43. The van der Waals surface area contributed by atoms with Crippen LogP contribution in [0.15, 0.2) is 0 Å². The molecule has 1 fully saturated rings. The molecular weight excluding hydrogens is 245 g/mol. The number of alkyl halides is 3. The number of halogens is 3. The number of rotatable bonds is 4. The zero-order valence-electron chi connectivity index (χ0n) is 11.0. The molecule has 6 heteroatoms. The van der Waals surface area contributed by atoms with Crippen LogP contribution < -0.4 is 5.73 Å². The van der Waals surface area contributed by atoms with Crippen molar-refractivity contribution in [3.63, 3.8) is 0 Å². The van der Waals surface area contributed by atoms with Gasteiger partial charge in [0.25, 0.3) is 0 Å². The molecule has 1 heterocycles. The minimum atomic E-state index is -4.07. The van der Waals surface area contributed by atoms with Crippen LogP contribution in [0.2, 0.25) is 0 Å². The van der Waals surface area contributed by atoms with E-state index in [9.17, 15) is 13.2 Å². The van der Waals surface area contributed by atoms with Gasteiger partial charge in [-0.1, -0.05) is 0 Å². The van der Waals surface area contributed by atoms with E-state index in [0.29, 0.717) is 19.5 Å². The zero-order chi connectivity index (χ0) is 14.0. The van der Waals surface area contributed by atoms with Crippen molar-refractivity contribution < 1.29 is 18.3 Å². The standard InChI is InChI=1S/C12H23F3N2O/c1-9(7-11(2,16)8-18)17-5-3-10(4-6-17)12(13,14)15/h9-10,18H,3-8,16H2,1-2H3. The van der Waals surface area contributed by atoms with Gasteiger partial charge in [0.05, 0.1) is 12.5 Å². The molecule has 1 aliphatic rings. The van der Waals surface area contributed by atoms with E-state index in [1.165, 1.54) is 0 Å². The van der Waals surface area contributed by atoms with E-state index in [1.54, 1.807) is 6.92 Å². The van der Waals surface area contributed by atoms with Crippen LogP contribution >= 0.6 is 0 Å². The average Bonchev–Trinajstić information content (AvgIpc) is 2.27. The van der Waals surface area contributed by atoms with E-state index in [2.05, 4.69) is 0 Å². The molecule has 3 N–H and O–H groups in total. The monoisotopic (exact) mass is 268 g/mol. The number of likely N-dealkylation sites (tertiary alicyclic amines) is 1. The maximum absolute atomic E-state index is 12.5. The highest BCUT2D eigenvalue weighted by atomic mass is 19.4. The number of aliphatic hydroxyl groups excluding tert-OH is 1. The normalized spacial score (nSPS) is 24.8. The predicted octanol–water partition coefficient (Wildman–Crippen LogP) is 1.75. The van der Waals surface area contributed by atoms with Crippen LogP contribution in [0.5, 0.6) is 0 Å². The molecule has 2 atom stereocenters. The van der Waals surface area contributed by atoms with Crippen molar-refractivity contribution in [2.75, 3.05) is 19.7 Å². The smallest absolute Gasteiger partial charge is 0.391 e. The second kappa shape index (κ2) is 5.75. The van der Waals surface area contributed by atoms with E-state index in [4.69, 9.17) is 10.8 Å². The molecule has 0 spiro atoms. The Morgan fingerprint density at radius 1 is 1.33 bits per heavy atom. The summed E-state index contributed by atoms with van der Waals surface area (Å²) in [6.45, 7) is 4.50. The van der Waals surface area contributed by atoms with Gasteiger partial charge in [-0.15, -0.1) is 0 Å². The van der Waals surface area contributed by atoms with E-state index in [0.717, 1.165) is 0 Å². The van der Waals surface area contributed by atoms with Gasteiger partial charge >= 0.3 is 6.18 Å². The predicted molar refractivity (Wildman–Crippen MR) is 64.1 cm³/mol. The van der Waals surface area contributed by atoms with Gasteiger partial charge in [-0.05, 0) is 46.2 Å². The van der Waals surface area contributed by atoms with Crippen LogP contribution in [-0.2, 0) is 0 Å². The first-order valence-electron chi connectivity index (χ1n) is 6.36. The molecule has 0 aromatic rings. The van der Waals surface area contributed by atoms with Crippen LogP contribution in [-0.4, -0.2) is 47.5 Å². The van der Waals surface area contributed by atoms with Crippen molar-refractivity contribution in [2.24, 2.45) is 11.7 Å². The molecule has 1 rings (SSSR count). The van der Waals surface area contributed by atoms with Crippen LogP contribution in [0.25, 0.3) is 0 Å². The molecule has 108 valence electrons. The summed E-state index contributed by atoms with van der Waals surface area (Å²) in [6.07, 6.45) is -3.16. The third-order valence-corrected chi connectivity index (χ3v) is 3.74. The van der Waals surface area contributed by atoms with Crippen molar-refractivity contribution in [3.05, 3.63) is 0 Å². The van der Waals surface area contributed by atoms with Crippen molar-refractivity contribution in [1.82, 2.24) is 4.90 Å². The number of hydrogen-bond donors (Lipinski definition) is 2. The van der Waals surface area contributed by atoms with Gasteiger partial charge in [-0.25, -0.2) is 0 Å². The second-order valence-corrected chi connectivity index (χ2v) is 5.72. The molecule has 0 bridgehead atoms. The number of nitrogens with two attached hydrogens (primary N) is 1. The summed E-state index contributed by atoms with van der Waals surface area (Å²) in [4.78, 5) is 2.03. The van der Waals surface area contributed by atoms with Crippen molar-refractivity contribution in [3.8, 4) is 0 Å². The first kappa shape index (κ1) is 15.7. The minimum Gasteiger partial charge on any atom is -0.394 e. The fourth-order valence-electron chi connectivity index (χ4n) is 2.54. The zero-order valence-corrected chi connectivity index (χ0v) is 11.0. The summed E-state index contributed by atoms with van der Waals surface area (Å²) in [5, 5.41) is 9.10. The first-order valence-corrected chi connectivity index (χ1v) is 6.36. The molecule has 1 saturated heterocycles. The summed E-state index contributed by atoms with van der Waals surface area (Å²) >= 11 is 0. The van der Waals surface area contributed by atoms with Crippen LogP contribution in [0.1, 0.15) is 33.1 Å². The van der Waals surface area contributed by atoms with E-state index in [1.807, 2.05) is 11.8 Å². The molecule has 0 aromatic carbocycles. The Kier molecular flexibility index (Phi) is 5.03. The van der Waals surface area contributed by atoms with Crippen LogP contribution in [0, 0.1) is 5.92 Å². The Morgan fingerprint density at radius 2 is 1.83 bits per heavy atom. The Bertz CT molecular complexity index is 261. The minimum absolute atomic E-state index is 0.0985. The van der Waals surface area contributed by atoms with E-state index < -0.39 is 17.6 Å². The fourth-order valence-corrected chi connectivity index (χ4v) is 2.54. The van der Waals surface area contributed by atoms with Gasteiger partial charge in [0.1, 0.15) is 0 Å². The van der Waals surface area contributed by atoms with Gasteiger partial charge in [0.15, 0.2) is 0 Å².